The molecule has 0 aromatic heterocycles. The van der Waals surface area contributed by atoms with E-state index in [1.165, 1.54) is 26.0 Å². The molecule has 0 heterocycles. The molecule has 0 radical (unpaired) electrons. The van der Waals surface area contributed by atoms with Crippen LogP contribution in [-0.2, 0) is 14.3 Å². The third-order valence-electron chi connectivity index (χ3n) is 2.99. The molecule has 1 rings (SSSR count). The highest BCUT2D eigenvalue weighted by Gasteiger charge is 2.20. The van der Waals surface area contributed by atoms with Crippen LogP contribution in [0.3, 0.4) is 0 Å². The lowest BCUT2D eigenvalue weighted by atomic mass is 10.2. The van der Waals surface area contributed by atoms with E-state index in [9.17, 15) is 9.59 Å². The molecule has 7 heteroatoms. The van der Waals surface area contributed by atoms with E-state index < -0.39 is 0 Å². The van der Waals surface area contributed by atoms with E-state index in [1.54, 1.807) is 25.3 Å². The first-order valence-electron chi connectivity index (χ1n) is 6.79. The second-order valence-corrected chi connectivity index (χ2v) is 4.49. The maximum absolute atomic E-state index is 11.9. The van der Waals surface area contributed by atoms with Crippen molar-refractivity contribution in [2.45, 2.75) is 6.92 Å². The Bertz CT molecular complexity index is 519. The lowest BCUT2D eigenvalue weighted by Gasteiger charge is -2.23. The Morgan fingerprint density at radius 1 is 1.18 bits per heavy atom. The summed E-state index contributed by atoms with van der Waals surface area (Å²) in [5.41, 5.74) is 0.483. The van der Waals surface area contributed by atoms with Crippen LogP contribution in [0.1, 0.15) is 6.92 Å². The monoisotopic (exact) mass is 310 g/mol. The van der Waals surface area contributed by atoms with Crippen molar-refractivity contribution in [3.8, 4) is 11.5 Å². The van der Waals surface area contributed by atoms with E-state index in [-0.39, 0.29) is 18.4 Å². The van der Waals surface area contributed by atoms with Gasteiger partial charge in [-0.15, -0.1) is 0 Å². The maximum atomic E-state index is 11.9. The van der Waals surface area contributed by atoms with Crippen LogP contribution in [-0.4, -0.2) is 52.8 Å². The number of carbonyl (C=O) groups is 2. The zero-order valence-corrected chi connectivity index (χ0v) is 13.3. The molecule has 2 amide bonds. The standard InChI is InChI=1S/C15H22N2O5/c1-11(18)17(10-15(19)16-7-8-20-2)13-9-12(21-3)5-6-14(13)22-4/h5-6,9H,7-8,10H2,1-4H3,(H,16,19). The largest absolute Gasteiger partial charge is 0.497 e. The molecule has 0 atom stereocenters. The van der Waals surface area contributed by atoms with Crippen LogP contribution >= 0.6 is 0 Å². The fraction of sp³-hybridized carbons (Fsp3) is 0.467. The maximum Gasteiger partial charge on any atom is 0.240 e. The van der Waals surface area contributed by atoms with Crippen molar-refractivity contribution in [2.75, 3.05) is 45.9 Å². The van der Waals surface area contributed by atoms with E-state index >= 15 is 0 Å². The fourth-order valence-corrected chi connectivity index (χ4v) is 1.87. The van der Waals surface area contributed by atoms with Gasteiger partial charge in [0.15, 0.2) is 0 Å². The Hall–Kier alpha value is -2.28. The molecular formula is C15H22N2O5. The molecule has 0 spiro atoms. The summed E-state index contributed by atoms with van der Waals surface area (Å²) in [4.78, 5) is 25.2. The Morgan fingerprint density at radius 3 is 2.45 bits per heavy atom. The van der Waals surface area contributed by atoms with E-state index in [0.717, 1.165) is 0 Å². The highest BCUT2D eigenvalue weighted by atomic mass is 16.5. The van der Waals surface area contributed by atoms with Gasteiger partial charge in [0, 0.05) is 26.6 Å². The van der Waals surface area contributed by atoms with Gasteiger partial charge in [0.1, 0.15) is 18.0 Å². The van der Waals surface area contributed by atoms with Gasteiger partial charge >= 0.3 is 0 Å². The Morgan fingerprint density at radius 2 is 1.91 bits per heavy atom. The third kappa shape index (κ3) is 4.92. The average molecular weight is 310 g/mol. The number of benzene rings is 1. The summed E-state index contributed by atoms with van der Waals surface area (Å²) in [5, 5.41) is 2.67. The number of hydrogen-bond acceptors (Lipinski definition) is 5. The zero-order chi connectivity index (χ0) is 16.5. The lowest BCUT2D eigenvalue weighted by molar-refractivity contribution is -0.123. The summed E-state index contributed by atoms with van der Waals surface area (Å²) in [7, 11) is 4.58. The minimum atomic E-state index is -0.280. The summed E-state index contributed by atoms with van der Waals surface area (Å²) in [6.45, 7) is 2.08. The molecule has 0 aliphatic rings. The Balaban J connectivity index is 2.95. The molecule has 0 aliphatic carbocycles. The van der Waals surface area contributed by atoms with Gasteiger partial charge in [0.05, 0.1) is 26.5 Å². The summed E-state index contributed by atoms with van der Waals surface area (Å²) < 4.78 is 15.3. The van der Waals surface area contributed by atoms with Gasteiger partial charge in [-0.2, -0.15) is 0 Å². The van der Waals surface area contributed by atoms with Crippen LogP contribution in [0.15, 0.2) is 18.2 Å². The molecule has 22 heavy (non-hydrogen) atoms. The van der Waals surface area contributed by atoms with E-state index in [2.05, 4.69) is 5.32 Å². The van der Waals surface area contributed by atoms with Crippen molar-refractivity contribution in [1.82, 2.24) is 5.32 Å². The van der Waals surface area contributed by atoms with Gasteiger partial charge in [-0.25, -0.2) is 0 Å². The number of carbonyl (C=O) groups excluding carboxylic acids is 2. The molecule has 0 fully saturated rings. The molecule has 1 N–H and O–H groups in total. The van der Waals surface area contributed by atoms with Crippen molar-refractivity contribution in [2.24, 2.45) is 0 Å². The molecule has 0 saturated carbocycles. The Labute approximate surface area is 130 Å². The molecule has 0 bridgehead atoms. The van der Waals surface area contributed by atoms with Crippen LogP contribution in [0.4, 0.5) is 5.69 Å². The fourth-order valence-electron chi connectivity index (χ4n) is 1.87. The number of anilines is 1. The first kappa shape index (κ1) is 17.8. The number of ether oxygens (including phenoxy) is 3. The van der Waals surface area contributed by atoms with Gasteiger partial charge in [-0.05, 0) is 12.1 Å². The summed E-state index contributed by atoms with van der Waals surface area (Å²) >= 11 is 0. The van der Waals surface area contributed by atoms with Crippen molar-refractivity contribution < 1.29 is 23.8 Å². The number of amides is 2. The molecule has 0 aliphatic heterocycles. The van der Waals surface area contributed by atoms with E-state index in [1.807, 2.05) is 0 Å². The van der Waals surface area contributed by atoms with Crippen LogP contribution in [0.25, 0.3) is 0 Å². The van der Waals surface area contributed by atoms with E-state index in [0.29, 0.717) is 30.3 Å². The average Bonchev–Trinajstić information content (AvgIpc) is 2.52. The SMILES string of the molecule is COCCNC(=O)CN(C(C)=O)c1cc(OC)ccc1OC. The van der Waals surface area contributed by atoms with Crippen molar-refractivity contribution in [3.05, 3.63) is 18.2 Å². The zero-order valence-electron chi connectivity index (χ0n) is 13.3. The second-order valence-electron chi connectivity index (χ2n) is 4.49. The smallest absolute Gasteiger partial charge is 0.240 e. The highest BCUT2D eigenvalue weighted by Crippen LogP contribution is 2.32. The van der Waals surface area contributed by atoms with Crippen molar-refractivity contribution in [1.29, 1.82) is 0 Å². The number of methoxy groups -OCH3 is 3. The van der Waals surface area contributed by atoms with Gasteiger partial charge in [-0.1, -0.05) is 0 Å². The first-order valence-corrected chi connectivity index (χ1v) is 6.79. The van der Waals surface area contributed by atoms with Crippen LogP contribution in [0.2, 0.25) is 0 Å². The number of hydrogen-bond donors (Lipinski definition) is 1. The summed E-state index contributed by atoms with van der Waals surface area (Å²) in [5.74, 6) is 0.508. The van der Waals surface area contributed by atoms with Gasteiger partial charge in [0.25, 0.3) is 0 Å². The molecular weight excluding hydrogens is 288 g/mol. The summed E-state index contributed by atoms with van der Waals surface area (Å²) in [6.07, 6.45) is 0. The minimum Gasteiger partial charge on any atom is -0.497 e. The highest BCUT2D eigenvalue weighted by molar-refractivity contribution is 5.98. The lowest BCUT2D eigenvalue weighted by Crippen LogP contribution is -2.40. The van der Waals surface area contributed by atoms with Crippen molar-refractivity contribution >= 4 is 17.5 Å². The molecule has 0 saturated heterocycles. The normalized spacial score (nSPS) is 10.0. The van der Waals surface area contributed by atoms with Crippen LogP contribution < -0.4 is 19.7 Å². The quantitative estimate of drug-likeness (QED) is 0.719. The van der Waals surface area contributed by atoms with Crippen LogP contribution in [0, 0.1) is 0 Å². The van der Waals surface area contributed by atoms with Gasteiger partial charge in [0.2, 0.25) is 11.8 Å². The number of nitrogens with zero attached hydrogens (tertiary/aromatic N) is 1. The Kier molecular flexibility index (Phi) is 7.18. The first-order chi connectivity index (χ1) is 10.5. The number of nitrogens with one attached hydrogen (secondary N) is 1. The summed E-state index contributed by atoms with van der Waals surface area (Å²) in [6, 6.07) is 5.06. The predicted molar refractivity (Wildman–Crippen MR) is 82.5 cm³/mol. The second kappa shape index (κ2) is 8.89. The molecule has 7 nitrogen and oxygen atoms in total. The number of rotatable bonds is 8. The third-order valence-corrected chi connectivity index (χ3v) is 2.99. The van der Waals surface area contributed by atoms with Crippen molar-refractivity contribution in [3.63, 3.8) is 0 Å². The van der Waals surface area contributed by atoms with Gasteiger partial charge < -0.3 is 19.5 Å². The molecule has 1 aromatic rings. The molecule has 122 valence electrons. The topological polar surface area (TPSA) is 77.1 Å². The molecule has 1 aromatic carbocycles. The van der Waals surface area contributed by atoms with Crippen LogP contribution in [0.5, 0.6) is 11.5 Å². The van der Waals surface area contributed by atoms with Gasteiger partial charge in [-0.3, -0.25) is 14.5 Å². The predicted octanol–water partition coefficient (Wildman–Crippen LogP) is 0.819. The molecule has 0 unspecified atom stereocenters. The minimum absolute atomic E-state index is 0.109. The van der Waals surface area contributed by atoms with E-state index in [4.69, 9.17) is 14.2 Å².